The molecule has 2 heterocycles. The number of hydrogen-bond donors (Lipinski definition) is 2. The Morgan fingerprint density at radius 1 is 1.36 bits per heavy atom. The molecule has 1 amide bonds. The van der Waals surface area contributed by atoms with Gasteiger partial charge in [0.15, 0.2) is 0 Å². The minimum absolute atomic E-state index is 0.133. The first-order valence-electron chi connectivity index (χ1n) is 8.08. The molecule has 118 valence electrons. The first-order valence-corrected chi connectivity index (χ1v) is 8.08. The van der Waals surface area contributed by atoms with Gasteiger partial charge in [-0.25, -0.2) is 0 Å². The Labute approximate surface area is 131 Å². The summed E-state index contributed by atoms with van der Waals surface area (Å²) in [7, 11) is 2.08. The normalized spacial score (nSPS) is 22.3. The van der Waals surface area contributed by atoms with Crippen molar-refractivity contribution in [2.45, 2.75) is 20.3 Å². The van der Waals surface area contributed by atoms with Gasteiger partial charge in [-0.3, -0.25) is 4.79 Å². The van der Waals surface area contributed by atoms with Gasteiger partial charge < -0.3 is 15.2 Å². The molecule has 1 aliphatic rings. The van der Waals surface area contributed by atoms with Crippen LogP contribution >= 0.6 is 0 Å². The number of nitrogens with one attached hydrogen (secondary N) is 2. The highest BCUT2D eigenvalue weighted by Crippen LogP contribution is 2.23. The number of aryl methyl sites for hydroxylation is 1. The van der Waals surface area contributed by atoms with E-state index in [2.05, 4.69) is 54.3 Å². The van der Waals surface area contributed by atoms with Crippen molar-refractivity contribution in [1.29, 1.82) is 0 Å². The number of benzene rings is 1. The zero-order chi connectivity index (χ0) is 15.7. The largest absolute Gasteiger partial charge is 0.358 e. The number of carbonyl (C=O) groups excluding carboxylic acids is 1. The summed E-state index contributed by atoms with van der Waals surface area (Å²) >= 11 is 0. The fourth-order valence-corrected chi connectivity index (χ4v) is 3.65. The van der Waals surface area contributed by atoms with Gasteiger partial charge >= 0.3 is 0 Å². The van der Waals surface area contributed by atoms with Crippen molar-refractivity contribution in [2.24, 2.45) is 11.8 Å². The van der Waals surface area contributed by atoms with Crippen LogP contribution in [0.4, 0.5) is 0 Å². The number of aromatic amines is 1. The second kappa shape index (κ2) is 6.13. The Bertz CT molecular complexity index is 676. The zero-order valence-electron chi connectivity index (χ0n) is 13.6. The summed E-state index contributed by atoms with van der Waals surface area (Å²) in [6.45, 7) is 6.86. The van der Waals surface area contributed by atoms with Crippen molar-refractivity contribution < 1.29 is 4.79 Å². The molecule has 0 bridgehead atoms. The fourth-order valence-electron chi connectivity index (χ4n) is 3.65. The smallest absolute Gasteiger partial charge is 0.224 e. The SMILES string of the molecule is Cc1[nH]c2ccccc2c1CCNC(=O)[C@@H]1CN(C)C[C@@H]1C. The second-order valence-electron chi connectivity index (χ2n) is 6.62. The molecule has 4 nitrogen and oxygen atoms in total. The van der Waals surface area contributed by atoms with Crippen molar-refractivity contribution in [3.8, 4) is 0 Å². The van der Waals surface area contributed by atoms with Crippen molar-refractivity contribution in [2.75, 3.05) is 26.7 Å². The monoisotopic (exact) mass is 299 g/mol. The number of fused-ring (bicyclic) bond motifs is 1. The molecule has 2 atom stereocenters. The van der Waals surface area contributed by atoms with Crippen LogP contribution in [0.2, 0.25) is 0 Å². The molecular weight excluding hydrogens is 274 g/mol. The van der Waals surface area contributed by atoms with E-state index in [0.717, 1.165) is 19.5 Å². The Morgan fingerprint density at radius 3 is 2.86 bits per heavy atom. The van der Waals surface area contributed by atoms with Gasteiger partial charge in [-0.15, -0.1) is 0 Å². The number of amides is 1. The zero-order valence-corrected chi connectivity index (χ0v) is 13.6. The number of H-pyrrole nitrogens is 1. The third-order valence-corrected chi connectivity index (χ3v) is 4.83. The topological polar surface area (TPSA) is 48.1 Å². The molecule has 2 N–H and O–H groups in total. The highest BCUT2D eigenvalue weighted by Gasteiger charge is 2.32. The lowest BCUT2D eigenvalue weighted by molar-refractivity contribution is -0.125. The van der Waals surface area contributed by atoms with Crippen LogP contribution in [0, 0.1) is 18.8 Å². The summed E-state index contributed by atoms with van der Waals surface area (Å²) in [6, 6.07) is 8.35. The van der Waals surface area contributed by atoms with Crippen LogP contribution in [-0.4, -0.2) is 42.5 Å². The molecule has 0 unspecified atom stereocenters. The molecule has 0 radical (unpaired) electrons. The van der Waals surface area contributed by atoms with E-state index in [0.29, 0.717) is 12.5 Å². The lowest BCUT2D eigenvalue weighted by Gasteiger charge is -2.14. The third kappa shape index (κ3) is 2.88. The molecule has 22 heavy (non-hydrogen) atoms. The first-order chi connectivity index (χ1) is 10.6. The van der Waals surface area contributed by atoms with Crippen molar-refractivity contribution in [3.63, 3.8) is 0 Å². The van der Waals surface area contributed by atoms with Crippen LogP contribution < -0.4 is 5.32 Å². The average Bonchev–Trinajstić information content (AvgIpc) is 2.98. The number of rotatable bonds is 4. The lowest BCUT2D eigenvalue weighted by Crippen LogP contribution is -2.35. The molecular formula is C18H25N3O. The summed E-state index contributed by atoms with van der Waals surface area (Å²) in [5.41, 5.74) is 3.68. The van der Waals surface area contributed by atoms with E-state index in [1.54, 1.807) is 0 Å². The van der Waals surface area contributed by atoms with Crippen LogP contribution in [0.1, 0.15) is 18.2 Å². The van der Waals surface area contributed by atoms with Crippen molar-refractivity contribution in [1.82, 2.24) is 15.2 Å². The molecule has 0 saturated carbocycles. The third-order valence-electron chi connectivity index (χ3n) is 4.83. The quantitative estimate of drug-likeness (QED) is 0.910. The number of carbonyl (C=O) groups is 1. The summed E-state index contributed by atoms with van der Waals surface area (Å²) < 4.78 is 0. The predicted molar refractivity (Wildman–Crippen MR) is 89.9 cm³/mol. The van der Waals surface area contributed by atoms with Crippen molar-refractivity contribution >= 4 is 16.8 Å². The number of nitrogens with zero attached hydrogens (tertiary/aromatic N) is 1. The minimum atomic E-state index is 0.133. The van der Waals surface area contributed by atoms with Gasteiger partial charge in [0.2, 0.25) is 5.91 Å². The van der Waals surface area contributed by atoms with E-state index >= 15 is 0 Å². The highest BCUT2D eigenvalue weighted by molar-refractivity contribution is 5.84. The van der Waals surface area contributed by atoms with Crippen LogP contribution in [0.25, 0.3) is 10.9 Å². The van der Waals surface area contributed by atoms with E-state index in [1.807, 2.05) is 6.07 Å². The maximum absolute atomic E-state index is 12.3. The van der Waals surface area contributed by atoms with Gasteiger partial charge in [0, 0.05) is 36.2 Å². The van der Waals surface area contributed by atoms with Gasteiger partial charge in [0.1, 0.15) is 0 Å². The molecule has 3 rings (SSSR count). The molecule has 0 spiro atoms. The number of likely N-dealkylation sites (tertiary alicyclic amines) is 1. The maximum Gasteiger partial charge on any atom is 0.224 e. The summed E-state index contributed by atoms with van der Waals surface area (Å²) in [5.74, 6) is 0.781. The average molecular weight is 299 g/mol. The highest BCUT2D eigenvalue weighted by atomic mass is 16.1. The molecule has 1 fully saturated rings. The van der Waals surface area contributed by atoms with E-state index in [4.69, 9.17) is 0 Å². The minimum Gasteiger partial charge on any atom is -0.358 e. The standard InChI is InChI=1S/C18H25N3O/c1-12-10-21(3)11-16(12)18(22)19-9-8-14-13(2)20-17-7-5-4-6-15(14)17/h4-7,12,16,20H,8-11H2,1-3H3,(H,19,22)/t12-,16+/m0/s1. The van der Waals surface area contributed by atoms with E-state index < -0.39 is 0 Å². The van der Waals surface area contributed by atoms with Gasteiger partial charge in [0.25, 0.3) is 0 Å². The summed E-state index contributed by atoms with van der Waals surface area (Å²) in [5, 5.41) is 4.39. The Morgan fingerprint density at radius 2 is 2.14 bits per heavy atom. The first kappa shape index (κ1) is 15.1. The number of hydrogen-bond acceptors (Lipinski definition) is 2. The fraction of sp³-hybridized carbons (Fsp3) is 0.500. The van der Waals surface area contributed by atoms with E-state index in [-0.39, 0.29) is 11.8 Å². The van der Waals surface area contributed by atoms with Crippen LogP contribution in [0.15, 0.2) is 24.3 Å². The number of aromatic nitrogens is 1. The number of para-hydroxylation sites is 1. The van der Waals surface area contributed by atoms with Crippen LogP contribution in [-0.2, 0) is 11.2 Å². The van der Waals surface area contributed by atoms with Gasteiger partial charge in [-0.05, 0) is 37.9 Å². The molecule has 0 aliphatic carbocycles. The van der Waals surface area contributed by atoms with E-state index in [1.165, 1.54) is 22.2 Å². The molecule has 1 aromatic carbocycles. The van der Waals surface area contributed by atoms with Gasteiger partial charge in [-0.2, -0.15) is 0 Å². The van der Waals surface area contributed by atoms with Crippen molar-refractivity contribution in [3.05, 3.63) is 35.5 Å². The predicted octanol–water partition coefficient (Wildman–Crippen LogP) is 2.33. The van der Waals surface area contributed by atoms with Gasteiger partial charge in [-0.1, -0.05) is 25.1 Å². The Balaban J connectivity index is 1.61. The molecule has 1 aliphatic heterocycles. The molecule has 1 aromatic heterocycles. The Kier molecular flexibility index (Phi) is 4.21. The maximum atomic E-state index is 12.3. The summed E-state index contributed by atoms with van der Waals surface area (Å²) in [4.78, 5) is 18.0. The molecule has 2 aromatic rings. The van der Waals surface area contributed by atoms with E-state index in [9.17, 15) is 4.79 Å². The molecule has 4 heteroatoms. The van der Waals surface area contributed by atoms with Gasteiger partial charge in [0.05, 0.1) is 5.92 Å². The van der Waals surface area contributed by atoms with Crippen LogP contribution in [0.5, 0.6) is 0 Å². The van der Waals surface area contributed by atoms with Crippen LogP contribution in [0.3, 0.4) is 0 Å². The Hall–Kier alpha value is -1.81. The lowest BCUT2D eigenvalue weighted by atomic mass is 9.97. The second-order valence-corrected chi connectivity index (χ2v) is 6.62. The summed E-state index contributed by atoms with van der Waals surface area (Å²) in [6.07, 6.45) is 0.874. The molecule has 1 saturated heterocycles.